The van der Waals surface area contributed by atoms with Crippen molar-refractivity contribution in [2.24, 2.45) is 5.41 Å². The number of nitrogens with zero attached hydrogens (tertiary/aromatic N) is 2. The van der Waals surface area contributed by atoms with E-state index in [1.807, 2.05) is 23.1 Å². The van der Waals surface area contributed by atoms with Crippen LogP contribution < -0.4 is 5.43 Å². The maximum atomic E-state index is 13.3. The molecule has 1 spiro atoms. The van der Waals surface area contributed by atoms with Gasteiger partial charge < -0.3 is 14.8 Å². The van der Waals surface area contributed by atoms with Crippen molar-refractivity contribution >= 4 is 11.8 Å². The van der Waals surface area contributed by atoms with Crippen LogP contribution in [0.1, 0.15) is 47.3 Å². The first-order valence-electron chi connectivity index (χ1n) is 10.8. The van der Waals surface area contributed by atoms with Crippen molar-refractivity contribution in [3.63, 3.8) is 0 Å². The molecule has 6 nitrogen and oxygen atoms in total. The Bertz CT molecular complexity index is 985. The van der Waals surface area contributed by atoms with Gasteiger partial charge in [-0.3, -0.25) is 14.4 Å². The Hall–Kier alpha value is -2.89. The van der Waals surface area contributed by atoms with Crippen LogP contribution in [0.3, 0.4) is 0 Å². The number of aryl methyl sites for hydroxylation is 2. The highest BCUT2D eigenvalue weighted by Gasteiger charge is 2.49. The van der Waals surface area contributed by atoms with Gasteiger partial charge in [0, 0.05) is 44.1 Å². The summed E-state index contributed by atoms with van der Waals surface area (Å²) >= 11 is 0. The summed E-state index contributed by atoms with van der Waals surface area (Å²) in [6, 6.07) is 11.8. The second-order valence-electron chi connectivity index (χ2n) is 8.64. The molecule has 2 aromatic rings. The topological polar surface area (TPSA) is 73.5 Å². The molecule has 1 atom stereocenters. The molecule has 2 saturated heterocycles. The van der Waals surface area contributed by atoms with Gasteiger partial charge >= 0.3 is 0 Å². The van der Waals surface area contributed by atoms with Crippen LogP contribution >= 0.6 is 0 Å². The van der Waals surface area contributed by atoms with Gasteiger partial charge in [0.15, 0.2) is 5.43 Å². The number of rotatable bonds is 5. The summed E-state index contributed by atoms with van der Waals surface area (Å²) in [6.07, 6.45) is 5.84. The third kappa shape index (κ3) is 4.04. The Labute approximate surface area is 176 Å². The lowest BCUT2D eigenvalue weighted by atomic mass is 9.78. The summed E-state index contributed by atoms with van der Waals surface area (Å²) < 4.78 is 0. The first-order valence-corrected chi connectivity index (χ1v) is 10.8. The quantitative estimate of drug-likeness (QED) is 0.828. The molecule has 158 valence electrons. The summed E-state index contributed by atoms with van der Waals surface area (Å²) in [5.41, 5.74) is 1.41. The van der Waals surface area contributed by atoms with Crippen LogP contribution in [-0.2, 0) is 11.2 Å². The van der Waals surface area contributed by atoms with E-state index in [4.69, 9.17) is 0 Å². The van der Waals surface area contributed by atoms with Crippen LogP contribution in [-0.4, -0.2) is 52.8 Å². The fourth-order valence-electron chi connectivity index (χ4n) is 4.82. The van der Waals surface area contributed by atoms with E-state index in [0.29, 0.717) is 19.5 Å². The highest BCUT2D eigenvalue weighted by molar-refractivity contribution is 5.95. The van der Waals surface area contributed by atoms with E-state index in [-0.39, 0.29) is 22.8 Å². The number of nitrogens with one attached hydrogen (secondary N) is 1. The zero-order valence-corrected chi connectivity index (χ0v) is 17.5. The van der Waals surface area contributed by atoms with Crippen molar-refractivity contribution in [3.8, 4) is 0 Å². The molecule has 2 aliphatic heterocycles. The molecule has 0 bridgehead atoms. The molecule has 1 aromatic carbocycles. The van der Waals surface area contributed by atoms with Crippen LogP contribution in [0.25, 0.3) is 0 Å². The van der Waals surface area contributed by atoms with Gasteiger partial charge in [-0.05, 0) is 44.6 Å². The number of piperidine rings is 1. The Morgan fingerprint density at radius 3 is 2.70 bits per heavy atom. The second-order valence-corrected chi connectivity index (χ2v) is 8.64. The van der Waals surface area contributed by atoms with Crippen LogP contribution in [0.15, 0.2) is 47.4 Å². The molecule has 1 aromatic heterocycles. The predicted octanol–water partition coefficient (Wildman–Crippen LogP) is 2.77. The molecule has 0 saturated carbocycles. The molecule has 6 heteroatoms. The number of likely N-dealkylation sites (tertiary alicyclic amines) is 2. The number of pyridine rings is 1. The van der Waals surface area contributed by atoms with Gasteiger partial charge in [-0.2, -0.15) is 0 Å². The summed E-state index contributed by atoms with van der Waals surface area (Å²) in [7, 11) is 0. The highest BCUT2D eigenvalue weighted by atomic mass is 16.2. The van der Waals surface area contributed by atoms with Crippen molar-refractivity contribution < 1.29 is 9.59 Å². The maximum Gasteiger partial charge on any atom is 0.259 e. The molecule has 2 fully saturated rings. The molecule has 4 rings (SSSR count). The fraction of sp³-hybridized carbons (Fsp3) is 0.458. The number of aromatic amines is 1. The molecule has 0 aliphatic carbocycles. The summed E-state index contributed by atoms with van der Waals surface area (Å²) in [5, 5.41) is 0. The van der Waals surface area contributed by atoms with Crippen molar-refractivity contribution in [3.05, 3.63) is 69.6 Å². The van der Waals surface area contributed by atoms with Gasteiger partial charge in [0.1, 0.15) is 5.56 Å². The van der Waals surface area contributed by atoms with E-state index in [1.54, 1.807) is 11.8 Å². The number of amides is 2. The number of carbonyl (C=O) groups excluding carboxylic acids is 2. The Morgan fingerprint density at radius 1 is 1.13 bits per heavy atom. The average Bonchev–Trinajstić information content (AvgIpc) is 3.17. The smallest absolute Gasteiger partial charge is 0.259 e. The normalized spacial score (nSPS) is 21.4. The Kier molecular flexibility index (Phi) is 5.75. The highest BCUT2D eigenvalue weighted by Crippen LogP contribution is 2.40. The molecular weight excluding hydrogens is 378 g/mol. The number of benzene rings is 1. The second kappa shape index (κ2) is 8.46. The van der Waals surface area contributed by atoms with E-state index in [2.05, 4.69) is 17.1 Å². The van der Waals surface area contributed by atoms with Gasteiger partial charge in [0.25, 0.3) is 5.91 Å². The van der Waals surface area contributed by atoms with Crippen molar-refractivity contribution in [1.29, 1.82) is 0 Å². The molecule has 2 amide bonds. The van der Waals surface area contributed by atoms with E-state index in [1.165, 1.54) is 17.8 Å². The Morgan fingerprint density at radius 2 is 1.93 bits per heavy atom. The monoisotopic (exact) mass is 407 g/mol. The molecule has 1 N–H and O–H groups in total. The number of hydrogen-bond donors (Lipinski definition) is 1. The van der Waals surface area contributed by atoms with Gasteiger partial charge in [0.05, 0.1) is 5.41 Å². The zero-order valence-electron chi connectivity index (χ0n) is 17.5. The lowest BCUT2D eigenvalue weighted by Gasteiger charge is -2.39. The molecular formula is C24H29N3O3. The van der Waals surface area contributed by atoms with Crippen LogP contribution in [0.4, 0.5) is 0 Å². The molecule has 30 heavy (non-hydrogen) atoms. The van der Waals surface area contributed by atoms with Crippen LogP contribution in [0.2, 0.25) is 0 Å². The van der Waals surface area contributed by atoms with E-state index in [0.717, 1.165) is 44.5 Å². The van der Waals surface area contributed by atoms with Crippen LogP contribution in [0.5, 0.6) is 0 Å². The van der Waals surface area contributed by atoms with Gasteiger partial charge in [-0.1, -0.05) is 30.3 Å². The minimum atomic E-state index is -0.488. The minimum Gasteiger partial charge on any atom is -0.364 e. The summed E-state index contributed by atoms with van der Waals surface area (Å²) in [5.74, 6) is -0.1000. The van der Waals surface area contributed by atoms with E-state index >= 15 is 0 Å². The standard InChI is InChI=1S/C24H29N3O3/c1-18-15-21(28)20(16-25-18)22(29)27-14-11-24(17-27)10-6-13-26(23(24)30)12-5-9-19-7-3-2-4-8-19/h2-4,7-8,15-16H,5-6,9-14,17H2,1H3,(H,25,28)/t24-/m0/s1. The predicted molar refractivity (Wildman–Crippen MR) is 115 cm³/mol. The minimum absolute atomic E-state index is 0.153. The zero-order chi connectivity index (χ0) is 21.1. The number of hydrogen-bond acceptors (Lipinski definition) is 3. The molecule has 2 aliphatic rings. The third-order valence-electron chi connectivity index (χ3n) is 6.49. The first kappa shape index (κ1) is 20.4. The van der Waals surface area contributed by atoms with Crippen molar-refractivity contribution in [2.75, 3.05) is 26.2 Å². The van der Waals surface area contributed by atoms with E-state index in [9.17, 15) is 14.4 Å². The average molecular weight is 408 g/mol. The summed E-state index contributed by atoms with van der Waals surface area (Å²) in [6.45, 7) is 4.26. The number of carbonyl (C=O) groups is 2. The SMILES string of the molecule is Cc1cc(=O)c(C(=O)N2CC[C@@]3(CCCN(CCCc4ccccc4)C3=O)C2)c[nH]1. The Balaban J connectivity index is 1.39. The van der Waals surface area contributed by atoms with Gasteiger partial charge in [0.2, 0.25) is 5.91 Å². The largest absolute Gasteiger partial charge is 0.364 e. The lowest BCUT2D eigenvalue weighted by molar-refractivity contribution is -0.145. The first-order chi connectivity index (χ1) is 14.5. The summed E-state index contributed by atoms with van der Waals surface area (Å²) in [4.78, 5) is 45.1. The van der Waals surface area contributed by atoms with E-state index < -0.39 is 5.41 Å². The van der Waals surface area contributed by atoms with Gasteiger partial charge in [-0.25, -0.2) is 0 Å². The molecule has 0 radical (unpaired) electrons. The number of H-pyrrole nitrogens is 1. The third-order valence-corrected chi connectivity index (χ3v) is 6.49. The van der Waals surface area contributed by atoms with Crippen molar-refractivity contribution in [2.45, 2.75) is 39.0 Å². The number of aromatic nitrogens is 1. The lowest BCUT2D eigenvalue weighted by Crippen LogP contribution is -2.50. The van der Waals surface area contributed by atoms with Crippen molar-refractivity contribution in [1.82, 2.24) is 14.8 Å². The van der Waals surface area contributed by atoms with Crippen LogP contribution in [0, 0.1) is 12.3 Å². The maximum absolute atomic E-state index is 13.3. The molecule has 0 unspecified atom stereocenters. The fourth-order valence-corrected chi connectivity index (χ4v) is 4.82. The molecule has 3 heterocycles. The van der Waals surface area contributed by atoms with Gasteiger partial charge in [-0.15, -0.1) is 0 Å².